The van der Waals surface area contributed by atoms with Gasteiger partial charge in [0.05, 0.1) is 19.8 Å². The quantitative estimate of drug-likeness (QED) is 0.337. The molecular weight excluding hydrogens is 379 g/mol. The van der Waals surface area contributed by atoms with Crippen LogP contribution in [0.25, 0.3) is 0 Å². The van der Waals surface area contributed by atoms with Crippen LogP contribution in [0.5, 0.6) is 0 Å². The van der Waals surface area contributed by atoms with Crippen molar-refractivity contribution >= 4 is 38.2 Å². The van der Waals surface area contributed by atoms with Crippen LogP contribution in [0, 0.1) is 0 Å². The van der Waals surface area contributed by atoms with Gasteiger partial charge in [-0.3, -0.25) is 27.2 Å². The summed E-state index contributed by atoms with van der Waals surface area (Å²) < 4.78 is 82.6. The Labute approximate surface area is 128 Å². The molecule has 0 atom stereocenters. The van der Waals surface area contributed by atoms with Crippen molar-refractivity contribution in [2.24, 2.45) is 0 Å². The first-order valence-corrected chi connectivity index (χ1v) is 10.2. The zero-order valence-electron chi connectivity index (χ0n) is 11.4. The number of hydrogen-bond donors (Lipinski definition) is 3. The maximum absolute atomic E-state index is 11.3. The van der Waals surface area contributed by atoms with Crippen molar-refractivity contribution in [3.05, 3.63) is 0 Å². The Morgan fingerprint density at radius 2 is 1.00 bits per heavy atom. The summed E-state index contributed by atoms with van der Waals surface area (Å²) in [5.41, 5.74) is 0. The molecule has 0 aromatic rings. The van der Waals surface area contributed by atoms with Crippen molar-refractivity contribution in [3.63, 3.8) is 0 Å². The van der Waals surface area contributed by atoms with Crippen molar-refractivity contribution in [2.75, 3.05) is 19.8 Å². The third-order valence-electron chi connectivity index (χ3n) is 0.862. The Morgan fingerprint density at radius 1 is 0.857 bits per heavy atom. The first kappa shape index (κ1) is 26.1. The molecule has 0 saturated carbocycles. The molecule has 0 saturated heterocycles. The monoisotopic (exact) mass is 396 g/mol. The molecule has 132 valence electrons. The van der Waals surface area contributed by atoms with E-state index in [9.17, 15) is 4.57 Å². The van der Waals surface area contributed by atoms with E-state index in [1.54, 1.807) is 20.8 Å². The fourth-order valence-electron chi connectivity index (χ4n) is 0.586. The van der Waals surface area contributed by atoms with E-state index in [0.717, 1.165) is 0 Å². The van der Waals surface area contributed by atoms with E-state index in [-0.39, 0.29) is 0 Å². The molecule has 0 rings (SSSR count). The molecular formula is C6H18ClO11PS2. The molecule has 0 bridgehead atoms. The molecule has 0 aromatic carbocycles. The number of rotatable bonds is 6. The number of halogens is 1. The van der Waals surface area contributed by atoms with Gasteiger partial charge in [0.25, 0.3) is 0 Å². The molecule has 0 unspecified atom stereocenters. The Kier molecular flexibility index (Phi) is 15.8. The van der Waals surface area contributed by atoms with E-state index in [2.05, 4.69) is 10.7 Å². The van der Waals surface area contributed by atoms with Gasteiger partial charge in [0, 0.05) is 10.7 Å². The highest BCUT2D eigenvalue weighted by atomic mass is 35.7. The van der Waals surface area contributed by atoms with Crippen LogP contribution >= 0.6 is 18.5 Å². The van der Waals surface area contributed by atoms with Gasteiger partial charge in [0.2, 0.25) is 0 Å². The van der Waals surface area contributed by atoms with Crippen LogP contribution in [0.3, 0.4) is 0 Å². The predicted octanol–water partition coefficient (Wildman–Crippen LogP) is 1.58. The van der Waals surface area contributed by atoms with Gasteiger partial charge in [-0.1, -0.05) is 0 Å². The van der Waals surface area contributed by atoms with Crippen molar-refractivity contribution < 1.29 is 48.6 Å². The van der Waals surface area contributed by atoms with Crippen LogP contribution in [0.4, 0.5) is 0 Å². The average molecular weight is 397 g/mol. The Bertz CT molecular complexity index is 417. The van der Waals surface area contributed by atoms with Gasteiger partial charge in [-0.2, -0.15) is 16.8 Å². The largest absolute Gasteiger partial charge is 0.474 e. The average Bonchev–Trinajstić information content (AvgIpc) is 2.12. The lowest BCUT2D eigenvalue weighted by molar-refractivity contribution is 0.126. The first-order chi connectivity index (χ1) is 9.18. The molecule has 0 fully saturated rings. The Hall–Kier alpha value is 0.180. The zero-order chi connectivity index (χ0) is 17.7. The lowest BCUT2D eigenvalue weighted by Crippen LogP contribution is -1.99. The van der Waals surface area contributed by atoms with Crippen LogP contribution in [0.2, 0.25) is 0 Å². The van der Waals surface area contributed by atoms with Gasteiger partial charge in [0.15, 0.2) is 0 Å². The van der Waals surface area contributed by atoms with Crippen LogP contribution in [-0.2, 0) is 37.9 Å². The SMILES string of the molecule is CCOP(=O)(OCC)OCC.O=S(=O)(O)Cl.O=S(=O)(O)O. The van der Waals surface area contributed by atoms with E-state index in [0.29, 0.717) is 19.8 Å². The van der Waals surface area contributed by atoms with Gasteiger partial charge in [0.1, 0.15) is 0 Å². The third kappa shape index (κ3) is 45.0. The van der Waals surface area contributed by atoms with E-state index in [1.807, 2.05) is 0 Å². The molecule has 15 heteroatoms. The molecule has 11 nitrogen and oxygen atoms in total. The van der Waals surface area contributed by atoms with Gasteiger partial charge in [-0.15, -0.1) is 0 Å². The molecule has 0 heterocycles. The van der Waals surface area contributed by atoms with Crippen LogP contribution < -0.4 is 0 Å². The lowest BCUT2D eigenvalue weighted by atomic mass is 10.9. The highest BCUT2D eigenvalue weighted by molar-refractivity contribution is 8.09. The summed E-state index contributed by atoms with van der Waals surface area (Å²) in [5.74, 6) is 0. The van der Waals surface area contributed by atoms with Gasteiger partial charge in [-0.05, 0) is 20.8 Å². The number of phosphoric acid groups is 1. The number of hydrogen-bond acceptors (Lipinski definition) is 8. The molecule has 0 aromatic heterocycles. The molecule has 0 aliphatic rings. The van der Waals surface area contributed by atoms with Crippen molar-refractivity contribution in [2.45, 2.75) is 20.8 Å². The van der Waals surface area contributed by atoms with E-state index in [4.69, 9.17) is 44.1 Å². The molecule has 0 radical (unpaired) electrons. The summed E-state index contributed by atoms with van der Waals surface area (Å²) in [5, 5.41) is 0. The van der Waals surface area contributed by atoms with Crippen molar-refractivity contribution in [1.29, 1.82) is 0 Å². The minimum atomic E-state index is -4.67. The van der Waals surface area contributed by atoms with Crippen molar-refractivity contribution in [1.82, 2.24) is 0 Å². The summed E-state index contributed by atoms with van der Waals surface area (Å²) in [6.45, 7) is 6.21. The summed E-state index contributed by atoms with van der Waals surface area (Å²) >= 11 is 0. The standard InChI is InChI=1S/C6H15O4P.ClHO3S.H2O4S/c1-4-8-11(7,9-5-2)10-6-3;2*1-5(2,3)4/h4-6H2,1-3H3;(H,2,3,4);(H2,1,2,3,4). The van der Waals surface area contributed by atoms with Gasteiger partial charge >= 0.3 is 27.6 Å². The minimum absolute atomic E-state index is 0.331. The Morgan fingerprint density at radius 3 is 1.10 bits per heavy atom. The smallest absolute Gasteiger partial charge is 0.287 e. The summed E-state index contributed by atoms with van der Waals surface area (Å²) in [6.07, 6.45) is 0. The van der Waals surface area contributed by atoms with Gasteiger partial charge < -0.3 is 0 Å². The summed E-state index contributed by atoms with van der Waals surface area (Å²) in [7, 11) is -8.02. The second-order valence-electron chi connectivity index (χ2n) is 2.56. The normalized spacial score (nSPS) is 11.8. The Balaban J connectivity index is -0.000000270. The van der Waals surface area contributed by atoms with Crippen molar-refractivity contribution in [3.8, 4) is 0 Å². The lowest BCUT2D eigenvalue weighted by Gasteiger charge is -2.14. The topological polar surface area (TPSA) is 174 Å². The molecule has 0 amide bonds. The highest BCUT2D eigenvalue weighted by Gasteiger charge is 2.23. The molecule has 0 aliphatic carbocycles. The van der Waals surface area contributed by atoms with Crippen LogP contribution in [0.1, 0.15) is 20.8 Å². The summed E-state index contributed by atoms with van der Waals surface area (Å²) in [4.78, 5) is 0. The minimum Gasteiger partial charge on any atom is -0.287 e. The fourth-order valence-corrected chi connectivity index (χ4v) is 1.76. The number of phosphoric ester groups is 1. The maximum atomic E-state index is 11.3. The fraction of sp³-hybridized carbons (Fsp3) is 1.00. The third-order valence-corrected chi connectivity index (χ3v) is 2.58. The highest BCUT2D eigenvalue weighted by Crippen LogP contribution is 2.48. The van der Waals surface area contributed by atoms with Gasteiger partial charge in [-0.25, -0.2) is 4.57 Å². The first-order valence-electron chi connectivity index (χ1n) is 5.09. The zero-order valence-corrected chi connectivity index (χ0v) is 14.7. The van der Waals surface area contributed by atoms with E-state index < -0.39 is 27.6 Å². The predicted molar refractivity (Wildman–Crippen MR) is 74.1 cm³/mol. The second kappa shape index (κ2) is 12.7. The van der Waals surface area contributed by atoms with E-state index >= 15 is 0 Å². The molecule has 0 spiro atoms. The molecule has 3 N–H and O–H groups in total. The van der Waals surface area contributed by atoms with E-state index in [1.165, 1.54) is 0 Å². The maximum Gasteiger partial charge on any atom is 0.474 e. The second-order valence-corrected chi connectivity index (χ2v) is 7.12. The summed E-state index contributed by atoms with van der Waals surface area (Å²) in [6, 6.07) is 0. The molecule has 21 heavy (non-hydrogen) atoms. The van der Waals surface area contributed by atoms with Crippen LogP contribution in [0.15, 0.2) is 0 Å². The molecule has 0 aliphatic heterocycles. The van der Waals surface area contributed by atoms with Crippen LogP contribution in [-0.4, -0.2) is 50.3 Å².